The van der Waals surface area contributed by atoms with Crippen LogP contribution in [0.1, 0.15) is 12.5 Å². The normalized spacial score (nSPS) is 10.2. The summed E-state index contributed by atoms with van der Waals surface area (Å²) in [4.78, 5) is 18.1. The van der Waals surface area contributed by atoms with Gasteiger partial charge in [0.2, 0.25) is 0 Å². The van der Waals surface area contributed by atoms with Crippen molar-refractivity contribution in [1.29, 1.82) is 0 Å². The van der Waals surface area contributed by atoms with Crippen LogP contribution in [0, 0.1) is 17.0 Å². The molecule has 2 rings (SSSR count). The first kappa shape index (κ1) is 15.0. The van der Waals surface area contributed by atoms with Crippen LogP contribution in [0.15, 0.2) is 24.5 Å². The van der Waals surface area contributed by atoms with Crippen LogP contribution in [-0.4, -0.2) is 21.5 Å². The molecule has 7 nitrogen and oxygen atoms in total. The molecule has 0 bridgehead atoms. The van der Waals surface area contributed by atoms with Gasteiger partial charge in [-0.05, 0) is 37.6 Å². The van der Waals surface area contributed by atoms with E-state index >= 15 is 0 Å². The molecule has 0 amide bonds. The average Bonchev–Trinajstić information content (AvgIpc) is 2.43. The lowest BCUT2D eigenvalue weighted by Crippen LogP contribution is -2.03. The van der Waals surface area contributed by atoms with Crippen molar-refractivity contribution < 1.29 is 14.4 Å². The van der Waals surface area contributed by atoms with Crippen LogP contribution in [0.4, 0.5) is 5.69 Å². The predicted octanol–water partition coefficient (Wildman–Crippen LogP) is 3.54. The van der Waals surface area contributed by atoms with Crippen molar-refractivity contribution >= 4 is 17.3 Å². The van der Waals surface area contributed by atoms with E-state index < -0.39 is 10.6 Å². The first-order valence-electron chi connectivity index (χ1n) is 6.09. The van der Waals surface area contributed by atoms with E-state index in [1.54, 1.807) is 32.0 Å². The minimum absolute atomic E-state index is 0.127. The van der Waals surface area contributed by atoms with Gasteiger partial charge in [0.05, 0.1) is 11.5 Å². The van der Waals surface area contributed by atoms with E-state index in [9.17, 15) is 10.1 Å². The highest BCUT2D eigenvalue weighted by atomic mass is 35.5. The minimum Gasteiger partial charge on any atom is -0.473 e. The molecular weight excluding hydrogens is 298 g/mol. The van der Waals surface area contributed by atoms with Gasteiger partial charge in [-0.15, -0.1) is 0 Å². The topological polar surface area (TPSA) is 87.4 Å². The molecule has 0 aliphatic carbocycles. The Morgan fingerprint density at radius 3 is 2.67 bits per heavy atom. The molecule has 21 heavy (non-hydrogen) atoms. The molecule has 0 aliphatic rings. The fraction of sp³-hybridized carbons (Fsp3) is 0.231. The molecule has 0 spiro atoms. The third kappa shape index (κ3) is 3.38. The number of hydrogen-bond acceptors (Lipinski definition) is 6. The van der Waals surface area contributed by atoms with Crippen molar-refractivity contribution in [2.24, 2.45) is 0 Å². The Balaban J connectivity index is 2.41. The van der Waals surface area contributed by atoms with Crippen LogP contribution in [0.25, 0.3) is 0 Å². The van der Waals surface area contributed by atoms with Crippen LogP contribution in [-0.2, 0) is 0 Å². The van der Waals surface area contributed by atoms with Gasteiger partial charge in [0.15, 0.2) is 0 Å². The standard InChI is InChI=1S/C13H12ClN3O4/c1-3-20-12-11(17(18)19)13(16-7-15-12)21-9-4-5-10(14)8(2)6-9/h4-7H,3H2,1-2H3. The first-order chi connectivity index (χ1) is 10.0. The Morgan fingerprint density at radius 1 is 1.33 bits per heavy atom. The van der Waals surface area contributed by atoms with Gasteiger partial charge in [0.1, 0.15) is 12.1 Å². The Morgan fingerprint density at radius 2 is 2.05 bits per heavy atom. The Kier molecular flexibility index (Phi) is 4.54. The van der Waals surface area contributed by atoms with Crippen molar-refractivity contribution in [3.8, 4) is 17.5 Å². The second kappa shape index (κ2) is 6.36. The number of aromatic nitrogens is 2. The SMILES string of the molecule is CCOc1ncnc(Oc2ccc(Cl)c(C)c2)c1[N+](=O)[O-]. The summed E-state index contributed by atoms with van der Waals surface area (Å²) >= 11 is 5.92. The second-order valence-electron chi connectivity index (χ2n) is 4.04. The maximum Gasteiger partial charge on any atom is 0.392 e. The van der Waals surface area contributed by atoms with Crippen LogP contribution in [0.5, 0.6) is 17.5 Å². The Bertz CT molecular complexity index is 678. The van der Waals surface area contributed by atoms with Gasteiger partial charge >= 0.3 is 17.4 Å². The van der Waals surface area contributed by atoms with Crippen molar-refractivity contribution in [2.75, 3.05) is 6.61 Å². The van der Waals surface area contributed by atoms with Crippen molar-refractivity contribution in [3.05, 3.63) is 45.2 Å². The van der Waals surface area contributed by atoms with Gasteiger partial charge in [-0.2, -0.15) is 9.97 Å². The molecule has 8 heteroatoms. The molecule has 0 radical (unpaired) electrons. The van der Waals surface area contributed by atoms with E-state index in [-0.39, 0.29) is 18.4 Å². The molecule has 1 aromatic carbocycles. The van der Waals surface area contributed by atoms with Crippen LogP contribution in [0.2, 0.25) is 5.02 Å². The van der Waals surface area contributed by atoms with E-state index in [2.05, 4.69) is 9.97 Å². The van der Waals surface area contributed by atoms with Gasteiger partial charge in [-0.25, -0.2) is 0 Å². The zero-order valence-electron chi connectivity index (χ0n) is 11.4. The smallest absolute Gasteiger partial charge is 0.392 e. The van der Waals surface area contributed by atoms with Gasteiger partial charge in [0.25, 0.3) is 0 Å². The van der Waals surface area contributed by atoms with Crippen LogP contribution < -0.4 is 9.47 Å². The largest absolute Gasteiger partial charge is 0.473 e. The molecule has 110 valence electrons. The number of rotatable bonds is 5. The molecule has 0 unspecified atom stereocenters. The van der Waals surface area contributed by atoms with Crippen LogP contribution in [0.3, 0.4) is 0 Å². The average molecular weight is 310 g/mol. The summed E-state index contributed by atoms with van der Waals surface area (Å²) in [6, 6.07) is 4.90. The lowest BCUT2D eigenvalue weighted by molar-refractivity contribution is -0.387. The van der Waals surface area contributed by atoms with Gasteiger partial charge < -0.3 is 9.47 Å². The molecule has 0 fully saturated rings. The molecule has 0 aliphatic heterocycles. The molecule has 1 aromatic heterocycles. The number of ether oxygens (including phenoxy) is 2. The summed E-state index contributed by atoms with van der Waals surface area (Å²) in [5.41, 5.74) is 0.378. The molecular formula is C13H12ClN3O4. The van der Waals surface area contributed by atoms with E-state index in [0.717, 1.165) is 11.9 Å². The number of hydrogen-bond donors (Lipinski definition) is 0. The fourth-order valence-corrected chi connectivity index (χ4v) is 1.73. The highest BCUT2D eigenvalue weighted by Crippen LogP contribution is 2.36. The highest BCUT2D eigenvalue weighted by Gasteiger charge is 2.26. The third-order valence-electron chi connectivity index (χ3n) is 2.56. The summed E-state index contributed by atoms with van der Waals surface area (Å²) in [5.74, 6) is 0.0829. The lowest BCUT2D eigenvalue weighted by Gasteiger charge is -2.08. The van der Waals surface area contributed by atoms with E-state index in [1.807, 2.05) is 0 Å². The highest BCUT2D eigenvalue weighted by molar-refractivity contribution is 6.31. The Labute approximate surface area is 125 Å². The minimum atomic E-state index is -0.636. The number of nitrogens with zero attached hydrogens (tertiary/aromatic N) is 3. The summed E-state index contributed by atoms with van der Waals surface area (Å²) < 4.78 is 10.6. The zero-order valence-corrected chi connectivity index (χ0v) is 12.1. The van der Waals surface area contributed by atoms with E-state index in [1.165, 1.54) is 0 Å². The summed E-state index contributed by atoms with van der Waals surface area (Å²) in [7, 11) is 0. The fourth-order valence-electron chi connectivity index (χ4n) is 1.61. The lowest BCUT2D eigenvalue weighted by atomic mass is 10.2. The van der Waals surface area contributed by atoms with Crippen LogP contribution >= 0.6 is 11.6 Å². The van der Waals surface area contributed by atoms with Gasteiger partial charge in [-0.1, -0.05) is 11.6 Å². The number of halogens is 1. The molecule has 0 N–H and O–H groups in total. The quantitative estimate of drug-likeness (QED) is 0.620. The maximum atomic E-state index is 11.2. The summed E-state index contributed by atoms with van der Waals surface area (Å²) in [5, 5.41) is 11.8. The summed E-state index contributed by atoms with van der Waals surface area (Å²) in [6.07, 6.45) is 1.15. The molecule has 0 saturated carbocycles. The number of nitro groups is 1. The maximum absolute atomic E-state index is 11.2. The van der Waals surface area contributed by atoms with Gasteiger partial charge in [-0.3, -0.25) is 10.1 Å². The van der Waals surface area contributed by atoms with E-state index in [0.29, 0.717) is 10.8 Å². The zero-order chi connectivity index (χ0) is 15.4. The Hall–Kier alpha value is -2.41. The van der Waals surface area contributed by atoms with Crippen molar-refractivity contribution in [3.63, 3.8) is 0 Å². The summed E-state index contributed by atoms with van der Waals surface area (Å²) in [6.45, 7) is 3.75. The monoisotopic (exact) mass is 309 g/mol. The third-order valence-corrected chi connectivity index (χ3v) is 2.99. The molecule has 0 atom stereocenters. The molecule has 0 saturated heterocycles. The molecule has 2 aromatic rings. The van der Waals surface area contributed by atoms with E-state index in [4.69, 9.17) is 21.1 Å². The molecule has 1 heterocycles. The first-order valence-corrected chi connectivity index (χ1v) is 6.47. The second-order valence-corrected chi connectivity index (χ2v) is 4.44. The number of benzene rings is 1. The van der Waals surface area contributed by atoms with Crippen molar-refractivity contribution in [1.82, 2.24) is 9.97 Å². The van der Waals surface area contributed by atoms with Crippen molar-refractivity contribution in [2.45, 2.75) is 13.8 Å². The van der Waals surface area contributed by atoms with Gasteiger partial charge in [0, 0.05) is 5.02 Å². The predicted molar refractivity (Wildman–Crippen MR) is 76.1 cm³/mol. The number of aryl methyl sites for hydroxylation is 1.